The van der Waals surface area contributed by atoms with E-state index in [9.17, 15) is 0 Å². The van der Waals surface area contributed by atoms with E-state index in [1.165, 1.54) is 16.7 Å². The first kappa shape index (κ1) is 11.0. The van der Waals surface area contributed by atoms with Crippen LogP contribution in [0.1, 0.15) is 17.0 Å². The average Bonchev–Trinajstić information content (AvgIpc) is 2.77. The molecule has 18 heavy (non-hydrogen) atoms. The van der Waals surface area contributed by atoms with Crippen molar-refractivity contribution in [2.24, 2.45) is 0 Å². The molecule has 3 heteroatoms. The van der Waals surface area contributed by atoms with Gasteiger partial charge < -0.3 is 4.40 Å². The van der Waals surface area contributed by atoms with Crippen molar-refractivity contribution in [3.05, 3.63) is 53.7 Å². The lowest BCUT2D eigenvalue weighted by Crippen LogP contribution is -1.94. The Morgan fingerprint density at radius 2 is 1.94 bits per heavy atom. The molecular formula is C15H15N3. The highest BCUT2D eigenvalue weighted by Crippen LogP contribution is 2.24. The van der Waals surface area contributed by atoms with Gasteiger partial charge in [-0.25, -0.2) is 4.98 Å². The van der Waals surface area contributed by atoms with E-state index in [2.05, 4.69) is 52.6 Å². The van der Waals surface area contributed by atoms with Gasteiger partial charge in [0.1, 0.15) is 5.65 Å². The van der Waals surface area contributed by atoms with E-state index in [-0.39, 0.29) is 0 Å². The molecule has 0 N–H and O–H groups in total. The second-order valence-electron chi connectivity index (χ2n) is 4.66. The zero-order valence-corrected chi connectivity index (χ0v) is 10.8. The lowest BCUT2D eigenvalue weighted by Gasteiger charge is -2.08. The Hall–Kier alpha value is -2.16. The molecule has 3 nitrogen and oxygen atoms in total. The van der Waals surface area contributed by atoms with Crippen LogP contribution in [0.3, 0.4) is 0 Å². The number of pyridine rings is 2. The fourth-order valence-electron chi connectivity index (χ4n) is 2.35. The minimum Gasteiger partial charge on any atom is -0.306 e. The first-order chi connectivity index (χ1) is 8.65. The van der Waals surface area contributed by atoms with Gasteiger partial charge in [-0.2, -0.15) is 0 Å². The molecule has 3 aromatic rings. The van der Waals surface area contributed by atoms with Crippen LogP contribution in [-0.2, 0) is 0 Å². The lowest BCUT2D eigenvalue weighted by atomic mass is 10.0. The van der Waals surface area contributed by atoms with Crippen molar-refractivity contribution in [1.29, 1.82) is 0 Å². The van der Waals surface area contributed by atoms with Crippen LogP contribution in [0.2, 0.25) is 0 Å². The molecular weight excluding hydrogens is 222 g/mol. The highest BCUT2D eigenvalue weighted by Gasteiger charge is 2.07. The quantitative estimate of drug-likeness (QED) is 0.650. The van der Waals surface area contributed by atoms with Crippen molar-refractivity contribution < 1.29 is 0 Å². The summed E-state index contributed by atoms with van der Waals surface area (Å²) in [7, 11) is 0. The first-order valence-corrected chi connectivity index (χ1v) is 6.03. The van der Waals surface area contributed by atoms with E-state index in [1.807, 2.05) is 19.3 Å². The summed E-state index contributed by atoms with van der Waals surface area (Å²) in [5.74, 6) is 0. The Morgan fingerprint density at radius 1 is 1.11 bits per heavy atom. The van der Waals surface area contributed by atoms with Crippen LogP contribution in [0.5, 0.6) is 0 Å². The predicted molar refractivity (Wildman–Crippen MR) is 72.6 cm³/mol. The number of fused-ring (bicyclic) bond motifs is 1. The van der Waals surface area contributed by atoms with E-state index in [0.29, 0.717) is 0 Å². The van der Waals surface area contributed by atoms with E-state index in [0.717, 1.165) is 17.0 Å². The molecule has 0 aliphatic rings. The van der Waals surface area contributed by atoms with Crippen LogP contribution >= 0.6 is 0 Å². The molecule has 0 aromatic carbocycles. The fraction of sp³-hybridized carbons (Fsp3) is 0.200. The molecule has 0 saturated carbocycles. The first-order valence-electron chi connectivity index (χ1n) is 6.03. The van der Waals surface area contributed by atoms with Crippen molar-refractivity contribution in [2.75, 3.05) is 0 Å². The fourth-order valence-corrected chi connectivity index (χ4v) is 2.35. The molecule has 0 bridgehead atoms. The third-order valence-corrected chi connectivity index (χ3v) is 3.21. The number of hydrogen-bond donors (Lipinski definition) is 0. The maximum Gasteiger partial charge on any atom is 0.139 e. The van der Waals surface area contributed by atoms with Crippen LogP contribution in [0, 0.1) is 20.8 Å². The molecule has 0 spiro atoms. The summed E-state index contributed by atoms with van der Waals surface area (Å²) < 4.78 is 2.06. The lowest BCUT2D eigenvalue weighted by molar-refractivity contribution is 1.11. The van der Waals surface area contributed by atoms with Gasteiger partial charge in [-0.1, -0.05) is 6.07 Å². The van der Waals surface area contributed by atoms with Crippen molar-refractivity contribution in [1.82, 2.24) is 14.4 Å². The third-order valence-electron chi connectivity index (χ3n) is 3.21. The molecule has 0 amide bonds. The minimum atomic E-state index is 1.01. The summed E-state index contributed by atoms with van der Waals surface area (Å²) >= 11 is 0. The van der Waals surface area contributed by atoms with Crippen molar-refractivity contribution in [2.45, 2.75) is 20.8 Å². The second kappa shape index (κ2) is 3.95. The predicted octanol–water partition coefficient (Wildman–Crippen LogP) is 3.32. The standard InChI is InChI=1S/C15H15N3/c1-10-8-13(9-18-7-6-16-15(10)18)14-5-4-11(2)17-12(14)3/h4-9H,1-3H3. The van der Waals surface area contributed by atoms with Crippen LogP contribution in [-0.4, -0.2) is 14.4 Å². The Kier molecular flexibility index (Phi) is 2.40. The summed E-state index contributed by atoms with van der Waals surface area (Å²) in [6, 6.07) is 6.35. The van der Waals surface area contributed by atoms with Crippen LogP contribution in [0.25, 0.3) is 16.8 Å². The van der Waals surface area contributed by atoms with Gasteiger partial charge >= 0.3 is 0 Å². The Morgan fingerprint density at radius 3 is 2.72 bits per heavy atom. The van der Waals surface area contributed by atoms with E-state index in [1.54, 1.807) is 0 Å². The number of nitrogens with zero attached hydrogens (tertiary/aromatic N) is 3. The zero-order chi connectivity index (χ0) is 12.7. The summed E-state index contributed by atoms with van der Waals surface area (Å²) in [4.78, 5) is 8.86. The Balaban J connectivity index is 2.24. The molecule has 3 rings (SSSR count). The highest BCUT2D eigenvalue weighted by molar-refractivity contribution is 5.68. The molecule has 0 saturated heterocycles. The van der Waals surface area contributed by atoms with Gasteiger partial charge in [-0.05, 0) is 38.5 Å². The summed E-state index contributed by atoms with van der Waals surface area (Å²) in [5.41, 5.74) is 6.67. The maximum absolute atomic E-state index is 4.52. The molecule has 0 atom stereocenters. The molecule has 3 heterocycles. The van der Waals surface area contributed by atoms with Gasteiger partial charge in [-0.15, -0.1) is 0 Å². The molecule has 0 unspecified atom stereocenters. The van der Waals surface area contributed by atoms with E-state index in [4.69, 9.17) is 0 Å². The Bertz CT molecular complexity index is 726. The van der Waals surface area contributed by atoms with Gasteiger partial charge in [0.2, 0.25) is 0 Å². The maximum atomic E-state index is 4.52. The Labute approximate surface area is 106 Å². The highest BCUT2D eigenvalue weighted by atomic mass is 15.0. The number of imidazole rings is 1. The largest absolute Gasteiger partial charge is 0.306 e. The molecule has 0 aliphatic heterocycles. The van der Waals surface area contributed by atoms with Crippen molar-refractivity contribution >= 4 is 5.65 Å². The number of hydrogen-bond acceptors (Lipinski definition) is 2. The summed E-state index contributed by atoms with van der Waals surface area (Å²) in [6.45, 7) is 6.15. The van der Waals surface area contributed by atoms with Gasteiger partial charge in [-0.3, -0.25) is 4.98 Å². The average molecular weight is 237 g/mol. The van der Waals surface area contributed by atoms with Crippen LogP contribution in [0.4, 0.5) is 0 Å². The van der Waals surface area contributed by atoms with Gasteiger partial charge in [0, 0.05) is 41.1 Å². The smallest absolute Gasteiger partial charge is 0.139 e. The monoisotopic (exact) mass is 237 g/mol. The molecule has 0 radical (unpaired) electrons. The summed E-state index contributed by atoms with van der Waals surface area (Å²) in [6.07, 6.45) is 5.91. The molecule has 0 fully saturated rings. The van der Waals surface area contributed by atoms with E-state index >= 15 is 0 Å². The van der Waals surface area contributed by atoms with Gasteiger partial charge in [0.05, 0.1) is 0 Å². The molecule has 3 aromatic heterocycles. The van der Waals surface area contributed by atoms with Crippen molar-refractivity contribution in [3.8, 4) is 11.1 Å². The van der Waals surface area contributed by atoms with E-state index < -0.39 is 0 Å². The summed E-state index contributed by atoms with van der Waals surface area (Å²) in [5, 5.41) is 0. The third kappa shape index (κ3) is 1.68. The second-order valence-corrected chi connectivity index (χ2v) is 4.66. The van der Waals surface area contributed by atoms with Crippen LogP contribution in [0.15, 0.2) is 36.8 Å². The molecule has 0 aliphatic carbocycles. The topological polar surface area (TPSA) is 30.2 Å². The number of rotatable bonds is 1. The number of aromatic nitrogens is 3. The van der Waals surface area contributed by atoms with Gasteiger partial charge in [0.25, 0.3) is 0 Å². The zero-order valence-electron chi connectivity index (χ0n) is 10.8. The normalized spacial score (nSPS) is 11.1. The minimum absolute atomic E-state index is 1.01. The molecule has 90 valence electrons. The van der Waals surface area contributed by atoms with Crippen molar-refractivity contribution in [3.63, 3.8) is 0 Å². The van der Waals surface area contributed by atoms with Crippen LogP contribution < -0.4 is 0 Å². The SMILES string of the molecule is Cc1ccc(-c2cc(C)c3nccn3c2)c(C)n1. The van der Waals surface area contributed by atoms with Gasteiger partial charge in [0.15, 0.2) is 0 Å². The number of aryl methyl sites for hydroxylation is 3.